The van der Waals surface area contributed by atoms with E-state index in [0.29, 0.717) is 0 Å². The first-order valence-corrected chi connectivity index (χ1v) is 6.96. The molecule has 2 heteroatoms. The predicted octanol–water partition coefficient (Wildman–Crippen LogP) is 3.65. The fourth-order valence-electron chi connectivity index (χ4n) is 2.31. The number of rotatable bonds is 5. The van der Waals surface area contributed by atoms with Crippen LogP contribution in [0.5, 0.6) is 0 Å². The number of hydrogen-bond acceptors (Lipinski definition) is 1. The molecule has 0 amide bonds. The van der Waals surface area contributed by atoms with Crippen molar-refractivity contribution in [1.82, 2.24) is 0 Å². The van der Waals surface area contributed by atoms with E-state index in [9.17, 15) is 0 Å². The second-order valence-corrected chi connectivity index (χ2v) is 4.97. The largest absolute Gasteiger partial charge is 0.385 e. The molecule has 1 rings (SSSR count). The van der Waals surface area contributed by atoms with E-state index in [2.05, 4.69) is 22.6 Å². The molecule has 1 nitrogen and oxygen atoms in total. The summed E-state index contributed by atoms with van der Waals surface area (Å²) in [7, 11) is 1.81. The number of hydrogen-bond donors (Lipinski definition) is 0. The van der Waals surface area contributed by atoms with E-state index < -0.39 is 0 Å². The first-order valence-electron chi connectivity index (χ1n) is 5.43. The average molecular weight is 296 g/mol. The number of ether oxygens (including phenoxy) is 1. The first kappa shape index (κ1) is 11.8. The highest BCUT2D eigenvalue weighted by atomic mass is 127. The van der Waals surface area contributed by atoms with Crippen molar-refractivity contribution in [3.05, 3.63) is 0 Å². The highest BCUT2D eigenvalue weighted by Crippen LogP contribution is 2.32. The van der Waals surface area contributed by atoms with Crippen LogP contribution in [0.1, 0.15) is 38.5 Å². The summed E-state index contributed by atoms with van der Waals surface area (Å²) >= 11 is 2.54. The fourth-order valence-corrected chi connectivity index (χ4v) is 3.47. The minimum Gasteiger partial charge on any atom is -0.385 e. The summed E-state index contributed by atoms with van der Waals surface area (Å²) in [6.45, 7) is 0.949. The van der Waals surface area contributed by atoms with Gasteiger partial charge in [-0.25, -0.2) is 0 Å². The molecule has 0 aliphatic heterocycles. The van der Waals surface area contributed by atoms with Crippen LogP contribution in [0.15, 0.2) is 0 Å². The monoisotopic (exact) mass is 296 g/mol. The third-order valence-electron chi connectivity index (χ3n) is 3.21. The van der Waals surface area contributed by atoms with Gasteiger partial charge in [-0.05, 0) is 18.3 Å². The van der Waals surface area contributed by atoms with Crippen molar-refractivity contribution in [2.24, 2.45) is 11.8 Å². The van der Waals surface area contributed by atoms with E-state index in [1.807, 2.05) is 7.11 Å². The van der Waals surface area contributed by atoms with Crippen molar-refractivity contribution in [2.75, 3.05) is 18.1 Å². The molecule has 1 aliphatic carbocycles. The maximum Gasteiger partial charge on any atom is 0.0465 e. The topological polar surface area (TPSA) is 9.23 Å². The van der Waals surface area contributed by atoms with Crippen LogP contribution in [-0.2, 0) is 4.74 Å². The molecule has 1 fully saturated rings. The van der Waals surface area contributed by atoms with Crippen molar-refractivity contribution in [3.63, 3.8) is 0 Å². The van der Waals surface area contributed by atoms with Crippen LogP contribution < -0.4 is 0 Å². The number of methoxy groups -OCH3 is 1. The smallest absolute Gasteiger partial charge is 0.0465 e. The Kier molecular flexibility index (Phi) is 6.37. The molecular weight excluding hydrogens is 275 g/mol. The zero-order valence-electron chi connectivity index (χ0n) is 8.60. The summed E-state index contributed by atoms with van der Waals surface area (Å²) in [6, 6.07) is 0. The van der Waals surface area contributed by atoms with Gasteiger partial charge in [-0.2, -0.15) is 0 Å². The average Bonchev–Trinajstić information content (AvgIpc) is 2.21. The Hall–Kier alpha value is 0.690. The van der Waals surface area contributed by atoms with Gasteiger partial charge in [0, 0.05) is 18.1 Å². The summed E-state index contributed by atoms with van der Waals surface area (Å²) in [5.41, 5.74) is 0. The lowest BCUT2D eigenvalue weighted by Gasteiger charge is -2.28. The Morgan fingerprint density at radius 1 is 1.31 bits per heavy atom. The third-order valence-corrected chi connectivity index (χ3v) is 4.34. The molecule has 0 aromatic rings. The third kappa shape index (κ3) is 4.15. The van der Waals surface area contributed by atoms with Crippen LogP contribution in [0.4, 0.5) is 0 Å². The molecule has 1 saturated carbocycles. The van der Waals surface area contributed by atoms with E-state index in [1.165, 1.54) is 43.0 Å². The molecule has 0 radical (unpaired) electrons. The molecule has 0 bridgehead atoms. The van der Waals surface area contributed by atoms with Gasteiger partial charge in [0.1, 0.15) is 0 Å². The fraction of sp³-hybridized carbons (Fsp3) is 1.00. The van der Waals surface area contributed by atoms with E-state index in [1.54, 1.807) is 0 Å². The van der Waals surface area contributed by atoms with Crippen LogP contribution in [0, 0.1) is 11.8 Å². The maximum absolute atomic E-state index is 5.16. The Balaban J connectivity index is 2.26. The summed E-state index contributed by atoms with van der Waals surface area (Å²) in [5.74, 6) is 1.92. The molecule has 78 valence electrons. The standard InChI is InChI=1S/C11H21IO/c1-13-8-7-11(9-12)10-5-3-2-4-6-10/h10-11H,2-9H2,1H3. The summed E-state index contributed by atoms with van der Waals surface area (Å²) in [5, 5.41) is 0. The molecule has 0 saturated heterocycles. The van der Waals surface area contributed by atoms with Crippen LogP contribution in [-0.4, -0.2) is 18.1 Å². The van der Waals surface area contributed by atoms with E-state index >= 15 is 0 Å². The lowest BCUT2D eigenvalue weighted by atomic mass is 9.80. The van der Waals surface area contributed by atoms with Crippen LogP contribution in [0.3, 0.4) is 0 Å². The maximum atomic E-state index is 5.16. The van der Waals surface area contributed by atoms with Crippen molar-refractivity contribution in [3.8, 4) is 0 Å². The lowest BCUT2D eigenvalue weighted by molar-refractivity contribution is 0.156. The summed E-state index contributed by atoms with van der Waals surface area (Å²) in [4.78, 5) is 0. The van der Waals surface area contributed by atoms with Gasteiger partial charge >= 0.3 is 0 Å². The SMILES string of the molecule is COCCC(CI)C1CCCCC1. The summed E-state index contributed by atoms with van der Waals surface area (Å²) < 4.78 is 6.47. The van der Waals surface area contributed by atoms with Gasteiger partial charge in [0.05, 0.1) is 0 Å². The molecule has 0 heterocycles. The number of alkyl halides is 1. The summed E-state index contributed by atoms with van der Waals surface area (Å²) in [6.07, 6.45) is 8.60. The molecule has 1 atom stereocenters. The molecular formula is C11H21IO. The minimum absolute atomic E-state index is 0.917. The van der Waals surface area contributed by atoms with E-state index in [0.717, 1.165) is 18.4 Å². The van der Waals surface area contributed by atoms with Crippen molar-refractivity contribution >= 4 is 22.6 Å². The minimum atomic E-state index is 0.917. The lowest BCUT2D eigenvalue weighted by Crippen LogP contribution is -2.20. The Bertz CT molecular complexity index is 121. The zero-order valence-corrected chi connectivity index (χ0v) is 10.8. The number of halogens is 1. The Labute approximate surface area is 95.8 Å². The first-order chi connectivity index (χ1) is 6.38. The molecule has 0 spiro atoms. The molecule has 1 aliphatic rings. The highest BCUT2D eigenvalue weighted by molar-refractivity contribution is 14.1. The van der Waals surface area contributed by atoms with E-state index in [4.69, 9.17) is 4.74 Å². The normalized spacial score (nSPS) is 21.7. The van der Waals surface area contributed by atoms with Gasteiger partial charge in [-0.3, -0.25) is 0 Å². The Morgan fingerprint density at radius 3 is 2.54 bits per heavy atom. The van der Waals surface area contributed by atoms with Gasteiger partial charge in [-0.15, -0.1) is 0 Å². The molecule has 0 N–H and O–H groups in total. The van der Waals surface area contributed by atoms with Crippen molar-refractivity contribution in [1.29, 1.82) is 0 Å². The van der Waals surface area contributed by atoms with Crippen LogP contribution >= 0.6 is 22.6 Å². The van der Waals surface area contributed by atoms with Gasteiger partial charge in [0.15, 0.2) is 0 Å². The van der Waals surface area contributed by atoms with Gasteiger partial charge in [0.25, 0.3) is 0 Å². The molecule has 13 heavy (non-hydrogen) atoms. The molecule has 1 unspecified atom stereocenters. The highest BCUT2D eigenvalue weighted by Gasteiger charge is 2.22. The van der Waals surface area contributed by atoms with Gasteiger partial charge in [0.2, 0.25) is 0 Å². The van der Waals surface area contributed by atoms with Crippen LogP contribution in [0.25, 0.3) is 0 Å². The second-order valence-electron chi connectivity index (χ2n) is 4.09. The Morgan fingerprint density at radius 2 is 2.00 bits per heavy atom. The van der Waals surface area contributed by atoms with Crippen molar-refractivity contribution < 1.29 is 4.74 Å². The predicted molar refractivity (Wildman–Crippen MR) is 65.4 cm³/mol. The quantitative estimate of drug-likeness (QED) is 0.556. The molecule has 0 aromatic carbocycles. The van der Waals surface area contributed by atoms with Gasteiger partial charge in [-0.1, -0.05) is 54.7 Å². The van der Waals surface area contributed by atoms with Crippen molar-refractivity contribution in [2.45, 2.75) is 38.5 Å². The second kappa shape index (κ2) is 7.04. The van der Waals surface area contributed by atoms with Crippen LogP contribution in [0.2, 0.25) is 0 Å². The van der Waals surface area contributed by atoms with E-state index in [-0.39, 0.29) is 0 Å². The van der Waals surface area contributed by atoms with Gasteiger partial charge < -0.3 is 4.74 Å². The zero-order chi connectivity index (χ0) is 9.52. The molecule has 0 aromatic heterocycles.